The zero-order valence-corrected chi connectivity index (χ0v) is 21.1. The smallest absolute Gasteiger partial charge is 0.410 e. The molecule has 2 saturated carbocycles. The van der Waals surface area contributed by atoms with E-state index in [1.54, 1.807) is 0 Å². The molecule has 5 rings (SSSR count). The van der Waals surface area contributed by atoms with Crippen LogP contribution in [0.25, 0.3) is 0 Å². The van der Waals surface area contributed by atoms with Crippen molar-refractivity contribution in [2.45, 2.75) is 101 Å². The van der Waals surface area contributed by atoms with E-state index < -0.39 is 6.17 Å². The van der Waals surface area contributed by atoms with Crippen molar-refractivity contribution in [2.24, 2.45) is 11.8 Å². The topological polar surface area (TPSA) is 83.1 Å². The lowest BCUT2D eigenvalue weighted by Gasteiger charge is -2.42. The first-order valence-electron chi connectivity index (χ1n) is 14.0. The van der Waals surface area contributed by atoms with Crippen LogP contribution in [-0.2, 0) is 14.3 Å². The molecule has 3 heterocycles. The SMILES string of the molecule is CC1CCC(F)C2CC(C(=O)N[C@@H]3CCC[C@H](N4CCN(C(=O)OC5CCOCC5)CC4)C3)NC12. The van der Waals surface area contributed by atoms with Gasteiger partial charge in [0.2, 0.25) is 5.91 Å². The Morgan fingerprint density at radius 2 is 1.77 bits per heavy atom. The van der Waals surface area contributed by atoms with Gasteiger partial charge >= 0.3 is 6.09 Å². The molecule has 3 saturated heterocycles. The first kappa shape index (κ1) is 25.2. The maximum atomic E-state index is 14.4. The third-order valence-corrected chi connectivity index (χ3v) is 9.17. The number of carbonyl (C=O) groups is 2. The summed E-state index contributed by atoms with van der Waals surface area (Å²) in [6.07, 6.45) is 6.88. The Labute approximate surface area is 208 Å². The third kappa shape index (κ3) is 5.93. The number of rotatable bonds is 4. The first-order valence-corrected chi connectivity index (χ1v) is 14.0. The van der Waals surface area contributed by atoms with E-state index in [2.05, 4.69) is 22.5 Å². The van der Waals surface area contributed by atoms with Crippen molar-refractivity contribution in [3.05, 3.63) is 0 Å². The number of hydrogen-bond donors (Lipinski definition) is 2. The van der Waals surface area contributed by atoms with Gasteiger partial charge in [0.1, 0.15) is 12.3 Å². The van der Waals surface area contributed by atoms with Crippen LogP contribution in [0.3, 0.4) is 0 Å². The molecule has 9 heteroatoms. The van der Waals surface area contributed by atoms with Crippen LogP contribution in [0, 0.1) is 11.8 Å². The quantitative estimate of drug-likeness (QED) is 0.625. The molecule has 5 unspecified atom stereocenters. The standard InChI is InChI=1S/C26H43FN4O4/c1-17-5-6-22(27)21-16-23(29-24(17)21)25(32)28-18-3-2-4-19(15-18)30-9-11-31(12-10-30)26(33)35-20-7-13-34-14-8-20/h17-24,29H,2-16H2,1H3,(H,28,32)/t17?,18-,19+,21?,22?,23?,24?/m1/s1. The van der Waals surface area contributed by atoms with Crippen molar-refractivity contribution in [1.29, 1.82) is 0 Å². The van der Waals surface area contributed by atoms with Crippen molar-refractivity contribution in [3.63, 3.8) is 0 Å². The third-order valence-electron chi connectivity index (χ3n) is 9.17. The molecule has 35 heavy (non-hydrogen) atoms. The maximum absolute atomic E-state index is 14.4. The number of nitrogens with zero attached hydrogens (tertiary/aromatic N) is 2. The molecular formula is C26H43FN4O4. The van der Waals surface area contributed by atoms with Gasteiger partial charge in [-0.05, 0) is 50.9 Å². The minimum absolute atomic E-state index is 0.0192. The van der Waals surface area contributed by atoms with Gasteiger partial charge in [0.15, 0.2) is 0 Å². The molecule has 5 fully saturated rings. The minimum atomic E-state index is -0.784. The van der Waals surface area contributed by atoms with Crippen molar-refractivity contribution in [1.82, 2.24) is 20.4 Å². The molecule has 0 aromatic rings. The molecule has 3 aliphatic heterocycles. The van der Waals surface area contributed by atoms with Gasteiger partial charge in [-0.2, -0.15) is 0 Å². The summed E-state index contributed by atoms with van der Waals surface area (Å²) in [6, 6.07) is 0.454. The number of fused-ring (bicyclic) bond motifs is 1. The zero-order chi connectivity index (χ0) is 24.4. The Morgan fingerprint density at radius 1 is 1.00 bits per heavy atom. The lowest BCUT2D eigenvalue weighted by atomic mass is 9.77. The second kappa shape index (κ2) is 11.3. The van der Waals surface area contributed by atoms with Crippen LogP contribution in [0.15, 0.2) is 0 Å². The van der Waals surface area contributed by atoms with E-state index in [1.165, 1.54) is 0 Å². The summed E-state index contributed by atoms with van der Waals surface area (Å²) >= 11 is 0. The van der Waals surface area contributed by atoms with E-state index in [0.29, 0.717) is 51.1 Å². The molecule has 0 aromatic heterocycles. The van der Waals surface area contributed by atoms with E-state index in [0.717, 1.165) is 58.0 Å². The van der Waals surface area contributed by atoms with Crippen molar-refractivity contribution in [3.8, 4) is 0 Å². The van der Waals surface area contributed by atoms with E-state index in [-0.39, 0.29) is 42.1 Å². The van der Waals surface area contributed by atoms with Crippen LogP contribution in [-0.4, -0.2) is 97.6 Å². The molecule has 7 atom stereocenters. The average molecular weight is 495 g/mol. The van der Waals surface area contributed by atoms with Crippen LogP contribution in [0.2, 0.25) is 0 Å². The second-order valence-corrected chi connectivity index (χ2v) is 11.5. The molecule has 198 valence electrons. The second-order valence-electron chi connectivity index (χ2n) is 11.5. The predicted octanol–water partition coefficient (Wildman–Crippen LogP) is 2.46. The summed E-state index contributed by atoms with van der Waals surface area (Å²) in [5.74, 6) is 0.449. The largest absolute Gasteiger partial charge is 0.446 e. The Hall–Kier alpha value is -1.45. The number of halogens is 1. The fourth-order valence-electron chi connectivity index (χ4n) is 7.01. The molecule has 0 radical (unpaired) electrons. The van der Waals surface area contributed by atoms with E-state index in [1.807, 2.05) is 4.90 Å². The summed E-state index contributed by atoms with van der Waals surface area (Å²) < 4.78 is 25.5. The summed E-state index contributed by atoms with van der Waals surface area (Å²) in [5, 5.41) is 6.76. The number of alkyl halides is 1. The zero-order valence-electron chi connectivity index (χ0n) is 21.1. The van der Waals surface area contributed by atoms with Gasteiger partial charge < -0.3 is 25.0 Å². The average Bonchev–Trinajstić information content (AvgIpc) is 3.35. The number of ether oxygens (including phenoxy) is 2. The van der Waals surface area contributed by atoms with Gasteiger partial charge in [0.05, 0.1) is 19.3 Å². The van der Waals surface area contributed by atoms with Gasteiger partial charge in [-0.1, -0.05) is 6.92 Å². The normalized spacial score (nSPS) is 39.1. The van der Waals surface area contributed by atoms with Gasteiger partial charge in [0, 0.05) is 63.1 Å². The van der Waals surface area contributed by atoms with Crippen LogP contribution in [0.5, 0.6) is 0 Å². The van der Waals surface area contributed by atoms with Crippen molar-refractivity contribution in [2.75, 3.05) is 39.4 Å². The van der Waals surface area contributed by atoms with Crippen LogP contribution < -0.4 is 10.6 Å². The van der Waals surface area contributed by atoms with Gasteiger partial charge in [-0.25, -0.2) is 9.18 Å². The Morgan fingerprint density at radius 3 is 2.51 bits per heavy atom. The minimum Gasteiger partial charge on any atom is -0.446 e. The van der Waals surface area contributed by atoms with Crippen LogP contribution in [0.4, 0.5) is 9.18 Å². The van der Waals surface area contributed by atoms with Crippen molar-refractivity contribution >= 4 is 12.0 Å². The van der Waals surface area contributed by atoms with Gasteiger partial charge in [0.25, 0.3) is 0 Å². The summed E-state index contributed by atoms with van der Waals surface area (Å²) in [6.45, 7) is 6.57. The predicted molar refractivity (Wildman–Crippen MR) is 130 cm³/mol. The van der Waals surface area contributed by atoms with E-state index in [9.17, 15) is 14.0 Å². The Bertz CT molecular complexity index is 725. The molecule has 5 aliphatic rings. The van der Waals surface area contributed by atoms with Gasteiger partial charge in [-0.3, -0.25) is 9.69 Å². The van der Waals surface area contributed by atoms with E-state index in [4.69, 9.17) is 9.47 Å². The highest BCUT2D eigenvalue weighted by atomic mass is 19.1. The number of carbonyl (C=O) groups excluding carboxylic acids is 2. The fourth-order valence-corrected chi connectivity index (χ4v) is 7.01. The lowest BCUT2D eigenvalue weighted by molar-refractivity contribution is -0.124. The number of nitrogens with one attached hydrogen (secondary N) is 2. The fraction of sp³-hybridized carbons (Fsp3) is 0.923. The number of hydrogen-bond acceptors (Lipinski definition) is 6. The number of amides is 2. The van der Waals surface area contributed by atoms with E-state index >= 15 is 0 Å². The monoisotopic (exact) mass is 494 g/mol. The molecule has 0 aromatic carbocycles. The maximum Gasteiger partial charge on any atom is 0.410 e. The summed E-state index contributed by atoms with van der Waals surface area (Å²) in [7, 11) is 0. The molecule has 0 bridgehead atoms. The lowest BCUT2D eigenvalue weighted by Crippen LogP contribution is -2.55. The highest BCUT2D eigenvalue weighted by Crippen LogP contribution is 2.38. The summed E-state index contributed by atoms with van der Waals surface area (Å²) in [4.78, 5) is 29.9. The summed E-state index contributed by atoms with van der Waals surface area (Å²) in [5.41, 5.74) is 0. The molecule has 0 spiro atoms. The van der Waals surface area contributed by atoms with Crippen LogP contribution in [0.1, 0.15) is 64.7 Å². The molecule has 2 aliphatic carbocycles. The van der Waals surface area contributed by atoms with Crippen LogP contribution >= 0.6 is 0 Å². The van der Waals surface area contributed by atoms with Crippen molar-refractivity contribution < 1.29 is 23.5 Å². The number of piperazine rings is 1. The first-order chi connectivity index (χ1) is 17.0. The Kier molecular flexibility index (Phi) is 8.14. The molecule has 8 nitrogen and oxygen atoms in total. The molecule has 2 N–H and O–H groups in total. The highest BCUT2D eigenvalue weighted by molar-refractivity contribution is 5.82. The molecular weight excluding hydrogens is 451 g/mol. The molecule has 2 amide bonds. The Balaban J connectivity index is 1.06. The highest BCUT2D eigenvalue weighted by Gasteiger charge is 2.46. The van der Waals surface area contributed by atoms with Gasteiger partial charge in [-0.15, -0.1) is 0 Å².